The van der Waals surface area contributed by atoms with Gasteiger partial charge in [0.05, 0.1) is 56.2 Å². The van der Waals surface area contributed by atoms with Crippen LogP contribution in [-0.2, 0) is 40.4 Å². The maximum Gasteiger partial charge on any atom is 0.417 e. The number of hydrogen-bond acceptors (Lipinski definition) is 10. The number of sulfonamides is 1. The molecule has 0 saturated carbocycles. The Morgan fingerprint density at radius 2 is 1.74 bits per heavy atom. The maximum absolute atomic E-state index is 14.1. The number of para-hydroxylation sites is 2. The molecule has 1 atom stereocenters. The SMILES string of the molecule is COc1ccccc1N1CCN(CC(O)Cn2nc(-c3ccc(C(F)(F)F)c(SCCN4CCOCC4)c3)c3c2CCN(S(C)(=O)=O)C3)CC1. The maximum atomic E-state index is 14.1. The molecule has 274 valence electrons. The van der Waals surface area contributed by atoms with Crippen LogP contribution in [0.4, 0.5) is 18.9 Å². The number of anilines is 1. The number of nitrogens with zero attached hydrogens (tertiary/aromatic N) is 6. The topological polar surface area (TPSA) is 104 Å². The molecule has 0 amide bonds. The van der Waals surface area contributed by atoms with E-state index in [2.05, 4.69) is 14.7 Å². The second kappa shape index (κ2) is 15.8. The fourth-order valence-electron chi connectivity index (χ4n) is 6.88. The molecule has 2 saturated heterocycles. The van der Waals surface area contributed by atoms with Crippen LogP contribution in [0, 0.1) is 0 Å². The summed E-state index contributed by atoms with van der Waals surface area (Å²) in [6, 6.07) is 11.9. The number of methoxy groups -OCH3 is 1. The first-order valence-corrected chi connectivity index (χ1v) is 19.7. The van der Waals surface area contributed by atoms with Gasteiger partial charge in [-0.2, -0.15) is 22.6 Å². The Morgan fingerprint density at radius 1 is 1.00 bits per heavy atom. The number of piperazine rings is 1. The van der Waals surface area contributed by atoms with E-state index in [-0.39, 0.29) is 24.5 Å². The lowest BCUT2D eigenvalue weighted by molar-refractivity contribution is -0.139. The van der Waals surface area contributed by atoms with E-state index >= 15 is 0 Å². The first-order valence-electron chi connectivity index (χ1n) is 16.9. The number of ether oxygens (including phenoxy) is 2. The number of aliphatic hydroxyl groups excluding tert-OH is 1. The predicted molar refractivity (Wildman–Crippen MR) is 187 cm³/mol. The third-order valence-corrected chi connectivity index (χ3v) is 11.8. The highest BCUT2D eigenvalue weighted by atomic mass is 32.2. The number of hydrogen-bond donors (Lipinski definition) is 1. The van der Waals surface area contributed by atoms with Crippen molar-refractivity contribution >= 4 is 27.5 Å². The van der Waals surface area contributed by atoms with Gasteiger partial charge in [-0.1, -0.05) is 18.2 Å². The number of aliphatic hydroxyl groups is 1. The van der Waals surface area contributed by atoms with Gasteiger partial charge in [0.2, 0.25) is 10.0 Å². The molecule has 1 aromatic heterocycles. The van der Waals surface area contributed by atoms with Crippen LogP contribution in [0.3, 0.4) is 0 Å². The number of fused-ring (bicyclic) bond motifs is 1. The Labute approximate surface area is 296 Å². The molecule has 0 bridgehead atoms. The Hall–Kier alpha value is -2.86. The van der Waals surface area contributed by atoms with Crippen molar-refractivity contribution in [1.82, 2.24) is 23.9 Å². The largest absolute Gasteiger partial charge is 0.495 e. The van der Waals surface area contributed by atoms with Crippen molar-refractivity contribution in [1.29, 1.82) is 0 Å². The van der Waals surface area contributed by atoms with Gasteiger partial charge in [0, 0.05) is 99.3 Å². The van der Waals surface area contributed by atoms with Crippen LogP contribution in [-0.4, -0.2) is 135 Å². The molecule has 0 radical (unpaired) electrons. The summed E-state index contributed by atoms with van der Waals surface area (Å²) in [6.45, 7) is 7.32. The highest BCUT2D eigenvalue weighted by molar-refractivity contribution is 7.99. The minimum Gasteiger partial charge on any atom is -0.495 e. The summed E-state index contributed by atoms with van der Waals surface area (Å²) in [5.41, 5.74) is 2.70. The molecule has 11 nitrogen and oxygen atoms in total. The molecule has 2 fully saturated rings. The fourth-order valence-corrected chi connectivity index (χ4v) is 8.79. The number of aromatic nitrogens is 2. The summed E-state index contributed by atoms with van der Waals surface area (Å²) >= 11 is 1.16. The molecule has 0 aliphatic carbocycles. The van der Waals surface area contributed by atoms with Crippen LogP contribution in [0.25, 0.3) is 11.3 Å². The molecular weight excluding hydrogens is 694 g/mol. The summed E-state index contributed by atoms with van der Waals surface area (Å²) in [5.74, 6) is 1.29. The molecule has 3 aliphatic heterocycles. The van der Waals surface area contributed by atoms with Crippen molar-refractivity contribution in [3.8, 4) is 17.0 Å². The summed E-state index contributed by atoms with van der Waals surface area (Å²) < 4.78 is 81.5. The van der Waals surface area contributed by atoms with E-state index < -0.39 is 27.9 Å². The quantitative estimate of drug-likeness (QED) is 0.278. The molecule has 0 spiro atoms. The van der Waals surface area contributed by atoms with Crippen molar-refractivity contribution in [3.05, 3.63) is 59.3 Å². The highest BCUT2D eigenvalue weighted by Gasteiger charge is 2.35. The number of halogens is 3. The molecule has 2 aromatic carbocycles. The number of alkyl halides is 3. The molecule has 6 rings (SSSR count). The lowest BCUT2D eigenvalue weighted by Crippen LogP contribution is -2.49. The van der Waals surface area contributed by atoms with Crippen LogP contribution in [0.5, 0.6) is 5.75 Å². The van der Waals surface area contributed by atoms with E-state index in [0.29, 0.717) is 55.3 Å². The second-order valence-corrected chi connectivity index (χ2v) is 16.0. The molecule has 16 heteroatoms. The predicted octanol–water partition coefficient (Wildman–Crippen LogP) is 3.50. The van der Waals surface area contributed by atoms with Gasteiger partial charge in [-0.15, -0.1) is 11.8 Å². The average Bonchev–Trinajstić information content (AvgIpc) is 3.45. The van der Waals surface area contributed by atoms with Crippen molar-refractivity contribution in [3.63, 3.8) is 0 Å². The fraction of sp³-hybridized carbons (Fsp3) is 0.559. The van der Waals surface area contributed by atoms with E-state index in [4.69, 9.17) is 14.6 Å². The highest BCUT2D eigenvalue weighted by Crippen LogP contribution is 2.40. The van der Waals surface area contributed by atoms with Crippen LogP contribution in [0.1, 0.15) is 16.8 Å². The van der Waals surface area contributed by atoms with Crippen LogP contribution in [0.15, 0.2) is 47.4 Å². The standard InChI is InChI=1S/C34H45F3N6O5S2/c1-47-31-6-4-3-5-30(31)41-13-11-40(12-14-41)22-26(44)23-43-29-9-10-42(50(2,45)46)24-27(29)33(38-43)25-7-8-28(34(35,36)37)32(21-25)49-20-17-39-15-18-48-19-16-39/h3-8,21,26,44H,9-20,22-24H2,1-2H3. The minimum atomic E-state index is -4.53. The van der Waals surface area contributed by atoms with Crippen molar-refractivity contribution in [2.75, 3.05) is 96.1 Å². The van der Waals surface area contributed by atoms with Gasteiger partial charge >= 0.3 is 6.18 Å². The number of β-amino-alcohol motifs (C(OH)–C–C–N with tert-alkyl or cyclic N) is 1. The van der Waals surface area contributed by atoms with Gasteiger partial charge in [0.25, 0.3) is 0 Å². The molecular formula is C34H45F3N6O5S2. The Morgan fingerprint density at radius 3 is 2.44 bits per heavy atom. The molecule has 1 N–H and O–H groups in total. The zero-order chi connectivity index (χ0) is 35.5. The van der Waals surface area contributed by atoms with Crippen LogP contribution >= 0.6 is 11.8 Å². The lowest BCUT2D eigenvalue weighted by atomic mass is 10.0. The number of rotatable bonds is 12. The number of benzene rings is 2. The van der Waals surface area contributed by atoms with E-state index in [1.807, 2.05) is 24.3 Å². The smallest absolute Gasteiger partial charge is 0.417 e. The Balaban J connectivity index is 1.20. The summed E-state index contributed by atoms with van der Waals surface area (Å²) in [7, 11) is -1.87. The van der Waals surface area contributed by atoms with Gasteiger partial charge in [-0.05, 0) is 24.3 Å². The monoisotopic (exact) mass is 738 g/mol. The van der Waals surface area contributed by atoms with Gasteiger partial charge in [-0.25, -0.2) is 8.42 Å². The van der Waals surface area contributed by atoms with Gasteiger partial charge in [0.15, 0.2) is 0 Å². The first-order chi connectivity index (χ1) is 23.9. The van der Waals surface area contributed by atoms with E-state index in [1.54, 1.807) is 11.8 Å². The third-order valence-electron chi connectivity index (χ3n) is 9.55. The van der Waals surface area contributed by atoms with Gasteiger partial charge < -0.3 is 19.5 Å². The third kappa shape index (κ3) is 8.77. The van der Waals surface area contributed by atoms with Gasteiger partial charge in [0.1, 0.15) is 5.75 Å². The van der Waals surface area contributed by atoms with Crippen LogP contribution in [0.2, 0.25) is 0 Å². The van der Waals surface area contributed by atoms with E-state index in [1.165, 1.54) is 16.4 Å². The summed E-state index contributed by atoms with van der Waals surface area (Å²) in [5, 5.41) is 16.1. The molecule has 3 aliphatic rings. The second-order valence-electron chi connectivity index (χ2n) is 12.9. The number of morpholine rings is 1. The summed E-state index contributed by atoms with van der Waals surface area (Å²) in [6.07, 6.45) is -3.77. The number of thioether (sulfide) groups is 1. The molecule has 1 unspecified atom stereocenters. The Kier molecular flexibility index (Phi) is 11.7. The van der Waals surface area contributed by atoms with Crippen molar-refractivity contribution in [2.24, 2.45) is 0 Å². The zero-order valence-electron chi connectivity index (χ0n) is 28.4. The van der Waals surface area contributed by atoms with Crippen molar-refractivity contribution in [2.45, 2.75) is 36.7 Å². The first kappa shape index (κ1) is 36.9. The normalized spacial score (nSPS) is 19.0. The van der Waals surface area contributed by atoms with Crippen molar-refractivity contribution < 1.29 is 36.2 Å². The molecule has 50 heavy (non-hydrogen) atoms. The summed E-state index contributed by atoms with van der Waals surface area (Å²) in [4.78, 5) is 6.76. The molecule has 4 heterocycles. The Bertz CT molecular complexity index is 1730. The zero-order valence-corrected chi connectivity index (χ0v) is 30.1. The van der Waals surface area contributed by atoms with Crippen LogP contribution < -0.4 is 9.64 Å². The lowest BCUT2D eigenvalue weighted by Gasteiger charge is -2.37. The van der Waals surface area contributed by atoms with Gasteiger partial charge in [-0.3, -0.25) is 14.5 Å². The van der Waals surface area contributed by atoms with E-state index in [0.717, 1.165) is 80.5 Å². The molecule has 3 aromatic rings. The van der Waals surface area contributed by atoms with E-state index in [9.17, 15) is 26.7 Å². The minimum absolute atomic E-state index is 0.0605. The average molecular weight is 739 g/mol.